The SMILES string of the molecule is C=CCC.C=CCC.C=CCC.C=CCC.C=CCCCCCC.C=CCCCCCC.C=CCCCCCC.C=CCCCCCC. The van der Waals surface area contributed by atoms with Gasteiger partial charge in [-0.1, -0.05) is 181 Å². The van der Waals surface area contributed by atoms with Gasteiger partial charge >= 0.3 is 0 Å². The lowest BCUT2D eigenvalue weighted by Gasteiger charge is -1.91. The van der Waals surface area contributed by atoms with E-state index < -0.39 is 0 Å². The molecule has 0 saturated heterocycles. The molecule has 0 aliphatic rings. The van der Waals surface area contributed by atoms with Crippen LogP contribution in [0.2, 0.25) is 0 Å². The van der Waals surface area contributed by atoms with Crippen molar-refractivity contribution in [2.75, 3.05) is 0 Å². The molecule has 0 heterocycles. The molecule has 0 nitrogen and oxygen atoms in total. The first-order valence-corrected chi connectivity index (χ1v) is 20.2. The van der Waals surface area contributed by atoms with E-state index in [1.807, 2.05) is 48.6 Å². The van der Waals surface area contributed by atoms with Crippen LogP contribution in [-0.2, 0) is 0 Å². The number of hydrogen-bond acceptors (Lipinski definition) is 0. The first kappa shape index (κ1) is 64.4. The maximum Gasteiger partial charge on any atom is -0.0353 e. The summed E-state index contributed by atoms with van der Waals surface area (Å²) in [4.78, 5) is 0. The second-order valence-electron chi connectivity index (χ2n) is 11.3. The average molecular weight is 673 g/mol. The van der Waals surface area contributed by atoms with E-state index in [9.17, 15) is 0 Å². The fourth-order valence-corrected chi connectivity index (χ4v) is 2.86. The second kappa shape index (κ2) is 96.8. The molecule has 0 unspecified atom stereocenters. The number of allylic oxidation sites excluding steroid dienone is 8. The van der Waals surface area contributed by atoms with E-state index in [0.29, 0.717) is 0 Å². The van der Waals surface area contributed by atoms with E-state index in [4.69, 9.17) is 0 Å². The van der Waals surface area contributed by atoms with Gasteiger partial charge in [0.2, 0.25) is 0 Å². The zero-order valence-corrected chi connectivity index (χ0v) is 35.2. The first-order valence-electron chi connectivity index (χ1n) is 20.2. The largest absolute Gasteiger partial charge is 0.103 e. The molecule has 0 aliphatic carbocycles. The Kier molecular flexibility index (Phi) is 130. The Bertz CT molecular complexity index is 424. The van der Waals surface area contributed by atoms with Gasteiger partial charge < -0.3 is 0 Å². The predicted molar refractivity (Wildman–Crippen MR) is 238 cm³/mol. The van der Waals surface area contributed by atoms with Crippen molar-refractivity contribution in [1.29, 1.82) is 0 Å². The van der Waals surface area contributed by atoms with Crippen LogP contribution in [0.25, 0.3) is 0 Å². The fraction of sp³-hybridized carbons (Fsp3) is 0.667. The second-order valence-corrected chi connectivity index (χ2v) is 11.3. The van der Waals surface area contributed by atoms with Gasteiger partial charge in [0.1, 0.15) is 0 Å². The molecule has 288 valence electrons. The highest BCUT2D eigenvalue weighted by atomic mass is 13.9. The smallest absolute Gasteiger partial charge is 0.0353 e. The van der Waals surface area contributed by atoms with Gasteiger partial charge in [-0.05, 0) is 77.0 Å². The molecule has 0 radical (unpaired) electrons. The van der Waals surface area contributed by atoms with Crippen LogP contribution in [0, 0.1) is 0 Å². The van der Waals surface area contributed by atoms with Gasteiger partial charge in [-0.15, -0.1) is 52.6 Å². The number of unbranched alkanes of at least 4 members (excludes halogenated alkanes) is 16. The molecule has 0 aromatic rings. The highest BCUT2D eigenvalue weighted by Gasteiger charge is 1.83. The molecule has 0 N–H and O–H groups in total. The number of hydrogen-bond donors (Lipinski definition) is 0. The Morgan fingerprint density at radius 1 is 0.229 bits per heavy atom. The van der Waals surface area contributed by atoms with Crippen molar-refractivity contribution in [2.45, 2.75) is 209 Å². The van der Waals surface area contributed by atoms with Gasteiger partial charge in [0.25, 0.3) is 0 Å². The summed E-state index contributed by atoms with van der Waals surface area (Å²) in [5.41, 5.74) is 0. The third-order valence-corrected chi connectivity index (χ3v) is 6.20. The van der Waals surface area contributed by atoms with E-state index in [-0.39, 0.29) is 0 Å². The minimum Gasteiger partial charge on any atom is -0.103 e. The van der Waals surface area contributed by atoms with Crippen molar-refractivity contribution in [3.8, 4) is 0 Å². The van der Waals surface area contributed by atoms with E-state index in [0.717, 1.165) is 25.7 Å². The Balaban J connectivity index is -0.0000000648. The molecule has 0 saturated carbocycles. The van der Waals surface area contributed by atoms with Crippen LogP contribution in [0.15, 0.2) is 101 Å². The maximum atomic E-state index is 3.66. The van der Waals surface area contributed by atoms with E-state index >= 15 is 0 Å². The predicted octanol–water partition coefficient (Wildman–Crippen LogP) is 18.9. The van der Waals surface area contributed by atoms with Gasteiger partial charge in [-0.25, -0.2) is 0 Å². The van der Waals surface area contributed by atoms with Crippen molar-refractivity contribution in [1.82, 2.24) is 0 Å². The van der Waals surface area contributed by atoms with Crippen LogP contribution in [0.4, 0.5) is 0 Å². The topological polar surface area (TPSA) is 0 Å². The summed E-state index contributed by atoms with van der Waals surface area (Å²) in [7, 11) is 0. The average Bonchev–Trinajstić information content (AvgIpc) is 3.13. The van der Waals surface area contributed by atoms with Crippen LogP contribution in [0.5, 0.6) is 0 Å². The molecule has 0 aromatic carbocycles. The lowest BCUT2D eigenvalue weighted by Crippen LogP contribution is -1.71. The minimum absolute atomic E-state index is 1.08. The summed E-state index contributed by atoms with van der Waals surface area (Å²) < 4.78 is 0. The minimum atomic E-state index is 1.08. The molecule has 0 fully saturated rings. The fourth-order valence-electron chi connectivity index (χ4n) is 2.86. The molecule has 0 atom stereocenters. The Hall–Kier alpha value is -2.08. The zero-order chi connectivity index (χ0) is 38.6. The first-order chi connectivity index (χ1) is 23.3. The Labute approximate surface area is 309 Å². The summed E-state index contributed by atoms with van der Waals surface area (Å²) in [5.74, 6) is 0. The summed E-state index contributed by atoms with van der Waals surface area (Å²) in [6.45, 7) is 45.7. The highest BCUT2D eigenvalue weighted by Crippen LogP contribution is 2.03. The standard InChI is InChI=1S/4C8H16.4C4H8/c4*1-3-5-7-8-6-4-2;4*1-3-4-2/h4*3H,1,4-8H2,2H3;4*3H,1,4H2,2H3. The monoisotopic (exact) mass is 673 g/mol. The zero-order valence-electron chi connectivity index (χ0n) is 35.2. The van der Waals surface area contributed by atoms with Gasteiger partial charge in [0.05, 0.1) is 0 Å². The summed E-state index contributed by atoms with van der Waals surface area (Å²) in [6, 6.07) is 0. The van der Waals surface area contributed by atoms with Crippen LogP contribution in [0.3, 0.4) is 0 Å². The normalized spacial score (nSPS) is 8.17. The molecule has 0 amide bonds. The van der Waals surface area contributed by atoms with Crippen molar-refractivity contribution in [3.63, 3.8) is 0 Å². The summed E-state index contributed by atoms with van der Waals surface area (Å²) in [5, 5.41) is 0. The molecule has 0 aromatic heterocycles. The number of rotatable bonds is 24. The van der Waals surface area contributed by atoms with Gasteiger partial charge in [0.15, 0.2) is 0 Å². The molecule has 0 heteroatoms. The van der Waals surface area contributed by atoms with Crippen molar-refractivity contribution < 1.29 is 0 Å². The maximum absolute atomic E-state index is 3.66. The third-order valence-electron chi connectivity index (χ3n) is 6.20. The Morgan fingerprint density at radius 3 is 0.458 bits per heavy atom. The highest BCUT2D eigenvalue weighted by molar-refractivity contribution is 4.67. The van der Waals surface area contributed by atoms with Gasteiger partial charge in [-0.2, -0.15) is 0 Å². The van der Waals surface area contributed by atoms with Crippen LogP contribution in [0.1, 0.15) is 209 Å². The van der Waals surface area contributed by atoms with Gasteiger partial charge in [0, 0.05) is 0 Å². The molecule has 0 aliphatic heterocycles. The molecule has 0 spiro atoms. The molecule has 0 rings (SSSR count). The summed E-state index contributed by atoms with van der Waals surface area (Å²) in [6.07, 6.45) is 46.3. The van der Waals surface area contributed by atoms with Gasteiger partial charge in [-0.3, -0.25) is 0 Å². The molecular formula is C48H96. The van der Waals surface area contributed by atoms with Crippen molar-refractivity contribution >= 4 is 0 Å². The Morgan fingerprint density at radius 2 is 0.375 bits per heavy atom. The third kappa shape index (κ3) is 168. The van der Waals surface area contributed by atoms with Crippen molar-refractivity contribution in [3.05, 3.63) is 101 Å². The quantitative estimate of drug-likeness (QED) is 0.0707. The molecular weight excluding hydrogens is 577 g/mol. The van der Waals surface area contributed by atoms with E-state index in [1.165, 1.54) is 128 Å². The lowest BCUT2D eigenvalue weighted by molar-refractivity contribution is 0.675. The van der Waals surface area contributed by atoms with E-state index in [1.54, 1.807) is 0 Å². The van der Waals surface area contributed by atoms with Crippen LogP contribution < -0.4 is 0 Å². The van der Waals surface area contributed by atoms with Crippen LogP contribution >= 0.6 is 0 Å². The summed E-state index contributed by atoms with van der Waals surface area (Å²) >= 11 is 0. The van der Waals surface area contributed by atoms with Crippen LogP contribution in [-0.4, -0.2) is 0 Å². The molecule has 0 bridgehead atoms. The van der Waals surface area contributed by atoms with E-state index in [2.05, 4.69) is 108 Å². The molecule has 48 heavy (non-hydrogen) atoms. The lowest BCUT2D eigenvalue weighted by atomic mass is 10.2. The van der Waals surface area contributed by atoms with Crippen molar-refractivity contribution in [2.24, 2.45) is 0 Å².